The zero-order valence-corrected chi connectivity index (χ0v) is 19.5. The Morgan fingerprint density at radius 1 is 1.03 bits per heavy atom. The van der Waals surface area contributed by atoms with E-state index in [0.29, 0.717) is 27.2 Å². The molecule has 1 heterocycles. The van der Waals surface area contributed by atoms with E-state index in [1.165, 1.54) is 47.4 Å². The van der Waals surface area contributed by atoms with Gasteiger partial charge in [0.2, 0.25) is 0 Å². The number of aromatic nitrogens is 2. The summed E-state index contributed by atoms with van der Waals surface area (Å²) in [5.74, 6) is -1.70. The number of methoxy groups -OCH3 is 1. The van der Waals surface area contributed by atoms with Gasteiger partial charge in [-0.1, -0.05) is 23.7 Å². The number of hydrogen-bond donors (Lipinski definition) is 0. The molecule has 1 amide bonds. The highest BCUT2D eigenvalue weighted by atomic mass is 35.5. The van der Waals surface area contributed by atoms with Gasteiger partial charge in [-0.25, -0.2) is 14.0 Å². The van der Waals surface area contributed by atoms with Gasteiger partial charge in [0.1, 0.15) is 5.82 Å². The smallest absolute Gasteiger partial charge is 0.337 e. The number of esters is 1. The van der Waals surface area contributed by atoms with E-state index in [1.807, 2.05) is 0 Å². The summed E-state index contributed by atoms with van der Waals surface area (Å²) in [4.78, 5) is 38.9. The maximum Gasteiger partial charge on any atom is 0.337 e. The lowest BCUT2D eigenvalue weighted by atomic mass is 10.1. The fourth-order valence-corrected chi connectivity index (χ4v) is 3.95. The standard InChI is InChI=1S/C25H21ClFN3O4/c1-28(2)23(31)19-9-8-18(13-20(19)27)30-22-12-17(26)7-10-21(22)29(25(30)33)14-15-5-4-6-16(11-15)24(32)34-3/h4-13H,14H2,1-3H3. The van der Waals surface area contributed by atoms with E-state index in [0.717, 1.165) is 6.07 Å². The van der Waals surface area contributed by atoms with Crippen LogP contribution >= 0.6 is 11.6 Å². The van der Waals surface area contributed by atoms with Crippen molar-refractivity contribution in [1.82, 2.24) is 14.0 Å². The number of carbonyl (C=O) groups excluding carboxylic acids is 2. The SMILES string of the molecule is COC(=O)c1cccc(Cn2c(=O)n(-c3ccc(C(=O)N(C)C)c(F)c3)c3cc(Cl)ccc32)c1. The quantitative estimate of drug-likeness (QED) is 0.402. The zero-order chi connectivity index (χ0) is 24.6. The first kappa shape index (κ1) is 23.3. The van der Waals surface area contributed by atoms with Crippen LogP contribution in [0.4, 0.5) is 4.39 Å². The van der Waals surface area contributed by atoms with Gasteiger partial charge in [0, 0.05) is 19.1 Å². The van der Waals surface area contributed by atoms with E-state index >= 15 is 0 Å². The normalized spacial score (nSPS) is 11.0. The average Bonchev–Trinajstić information content (AvgIpc) is 3.08. The fraction of sp³-hybridized carbons (Fsp3) is 0.160. The van der Waals surface area contributed by atoms with Crippen LogP contribution in [0.3, 0.4) is 0 Å². The Hall–Kier alpha value is -3.91. The molecular weight excluding hydrogens is 461 g/mol. The molecule has 0 N–H and O–H groups in total. The van der Waals surface area contributed by atoms with Gasteiger partial charge in [-0.05, 0) is 54.1 Å². The third kappa shape index (κ3) is 4.20. The number of amides is 1. The maximum absolute atomic E-state index is 14.8. The molecule has 4 aromatic rings. The molecule has 0 fully saturated rings. The van der Waals surface area contributed by atoms with E-state index < -0.39 is 23.4 Å². The number of benzene rings is 3. The van der Waals surface area contributed by atoms with E-state index in [1.54, 1.807) is 42.5 Å². The van der Waals surface area contributed by atoms with Gasteiger partial charge in [0.05, 0.1) is 41.5 Å². The van der Waals surface area contributed by atoms with Crippen LogP contribution < -0.4 is 5.69 Å². The van der Waals surface area contributed by atoms with Gasteiger partial charge in [0.15, 0.2) is 0 Å². The van der Waals surface area contributed by atoms with Crippen molar-refractivity contribution in [3.05, 3.63) is 98.7 Å². The highest BCUT2D eigenvalue weighted by molar-refractivity contribution is 6.31. The van der Waals surface area contributed by atoms with Crippen LogP contribution in [-0.4, -0.2) is 47.1 Å². The van der Waals surface area contributed by atoms with Gasteiger partial charge in [-0.15, -0.1) is 0 Å². The minimum absolute atomic E-state index is 0.0943. The van der Waals surface area contributed by atoms with E-state index in [-0.39, 0.29) is 17.8 Å². The van der Waals surface area contributed by atoms with Gasteiger partial charge < -0.3 is 9.64 Å². The Bertz CT molecular complexity index is 1490. The van der Waals surface area contributed by atoms with E-state index in [9.17, 15) is 18.8 Å². The average molecular weight is 482 g/mol. The zero-order valence-electron chi connectivity index (χ0n) is 18.7. The second-order valence-electron chi connectivity index (χ2n) is 7.89. The Labute approximate surface area is 199 Å². The lowest BCUT2D eigenvalue weighted by Crippen LogP contribution is -2.25. The van der Waals surface area contributed by atoms with E-state index in [4.69, 9.17) is 16.3 Å². The van der Waals surface area contributed by atoms with Gasteiger partial charge in [0.25, 0.3) is 5.91 Å². The highest BCUT2D eigenvalue weighted by Gasteiger charge is 2.19. The number of ether oxygens (including phenoxy) is 1. The lowest BCUT2D eigenvalue weighted by molar-refractivity contribution is 0.0600. The molecule has 174 valence electrons. The molecule has 0 saturated heterocycles. The molecule has 0 aliphatic heterocycles. The third-order valence-corrected chi connectivity index (χ3v) is 5.66. The summed E-state index contributed by atoms with van der Waals surface area (Å²) in [6, 6.07) is 15.8. The Balaban J connectivity index is 1.86. The Morgan fingerprint density at radius 2 is 1.79 bits per heavy atom. The summed E-state index contributed by atoms with van der Waals surface area (Å²) in [6.45, 7) is 0.161. The predicted molar refractivity (Wildman–Crippen MR) is 127 cm³/mol. The monoisotopic (exact) mass is 481 g/mol. The molecule has 34 heavy (non-hydrogen) atoms. The van der Waals surface area contributed by atoms with Crippen LogP contribution in [0.15, 0.2) is 65.5 Å². The molecule has 0 bridgehead atoms. The van der Waals surface area contributed by atoms with Crippen LogP contribution in [0.1, 0.15) is 26.3 Å². The number of imidazole rings is 1. The number of nitrogens with zero attached hydrogens (tertiary/aromatic N) is 3. The van der Waals surface area contributed by atoms with Crippen LogP contribution in [-0.2, 0) is 11.3 Å². The minimum atomic E-state index is -0.739. The molecular formula is C25H21ClFN3O4. The van der Waals surface area contributed by atoms with Crippen molar-refractivity contribution < 1.29 is 18.7 Å². The van der Waals surface area contributed by atoms with Crippen molar-refractivity contribution >= 4 is 34.5 Å². The molecule has 0 unspecified atom stereocenters. The molecule has 0 spiro atoms. The molecule has 4 rings (SSSR count). The number of carbonyl (C=O) groups is 2. The topological polar surface area (TPSA) is 73.5 Å². The first-order chi connectivity index (χ1) is 16.2. The highest BCUT2D eigenvalue weighted by Crippen LogP contribution is 2.24. The van der Waals surface area contributed by atoms with Crippen molar-refractivity contribution in [1.29, 1.82) is 0 Å². The largest absolute Gasteiger partial charge is 0.465 e. The maximum atomic E-state index is 14.8. The second-order valence-corrected chi connectivity index (χ2v) is 8.33. The van der Waals surface area contributed by atoms with Crippen LogP contribution in [0.25, 0.3) is 16.7 Å². The number of rotatable bonds is 5. The summed E-state index contributed by atoms with van der Waals surface area (Å²) in [7, 11) is 4.36. The van der Waals surface area contributed by atoms with E-state index in [2.05, 4.69) is 0 Å². The summed E-state index contributed by atoms with van der Waals surface area (Å²) in [5.41, 5.74) is 1.86. The molecule has 0 atom stereocenters. The van der Waals surface area contributed by atoms with Gasteiger partial charge >= 0.3 is 11.7 Å². The lowest BCUT2D eigenvalue weighted by Gasteiger charge is -2.12. The second kappa shape index (κ2) is 9.15. The molecule has 0 radical (unpaired) electrons. The molecule has 0 saturated carbocycles. The van der Waals surface area contributed by atoms with Crippen molar-refractivity contribution in [3.8, 4) is 5.69 Å². The van der Waals surface area contributed by atoms with Crippen LogP contribution in [0.5, 0.6) is 0 Å². The van der Waals surface area contributed by atoms with Crippen molar-refractivity contribution in [2.45, 2.75) is 6.54 Å². The molecule has 7 nitrogen and oxygen atoms in total. The number of halogens is 2. The van der Waals surface area contributed by atoms with Crippen molar-refractivity contribution in [2.24, 2.45) is 0 Å². The molecule has 0 aliphatic rings. The number of hydrogen-bond acceptors (Lipinski definition) is 4. The summed E-state index contributed by atoms with van der Waals surface area (Å²) in [6.07, 6.45) is 0. The predicted octanol–water partition coefficient (Wildman–Crippen LogP) is 4.12. The molecule has 9 heteroatoms. The molecule has 3 aromatic carbocycles. The number of fused-ring (bicyclic) bond motifs is 1. The molecule has 0 aliphatic carbocycles. The van der Waals surface area contributed by atoms with Gasteiger partial charge in [-0.3, -0.25) is 13.9 Å². The van der Waals surface area contributed by atoms with Gasteiger partial charge in [-0.2, -0.15) is 0 Å². The Kier molecular flexibility index (Phi) is 6.26. The van der Waals surface area contributed by atoms with Crippen molar-refractivity contribution in [3.63, 3.8) is 0 Å². The summed E-state index contributed by atoms with van der Waals surface area (Å²) in [5, 5.41) is 0.408. The van der Waals surface area contributed by atoms with Crippen LogP contribution in [0, 0.1) is 5.82 Å². The fourth-order valence-electron chi connectivity index (χ4n) is 3.79. The third-order valence-electron chi connectivity index (χ3n) is 5.43. The Morgan fingerprint density at radius 3 is 2.47 bits per heavy atom. The first-order valence-corrected chi connectivity index (χ1v) is 10.7. The van der Waals surface area contributed by atoms with Crippen molar-refractivity contribution in [2.75, 3.05) is 21.2 Å². The summed E-state index contributed by atoms with van der Waals surface area (Å²) >= 11 is 6.20. The minimum Gasteiger partial charge on any atom is -0.465 e. The first-order valence-electron chi connectivity index (χ1n) is 10.3. The van der Waals surface area contributed by atoms with Crippen LogP contribution in [0.2, 0.25) is 5.02 Å². The molecule has 1 aromatic heterocycles. The summed E-state index contributed by atoms with van der Waals surface area (Å²) < 4.78 is 22.5.